The molecule has 1 aliphatic carbocycles. The summed E-state index contributed by atoms with van der Waals surface area (Å²) in [5.41, 5.74) is 5.06. The molecule has 4 nitrogen and oxygen atoms in total. The Bertz CT molecular complexity index is 681. The van der Waals surface area contributed by atoms with E-state index >= 15 is 0 Å². The first-order chi connectivity index (χ1) is 10.9. The van der Waals surface area contributed by atoms with Crippen LogP contribution in [0, 0.1) is 0 Å². The van der Waals surface area contributed by atoms with Gasteiger partial charge in [0.2, 0.25) is 5.89 Å². The SMILES string of the molecule is NC1(c2noc(CSc3cccc(C(F)(F)F)c3)n2)CCCC1. The lowest BCUT2D eigenvalue weighted by Gasteiger charge is -2.17. The number of rotatable bonds is 4. The summed E-state index contributed by atoms with van der Waals surface area (Å²) in [4.78, 5) is 4.81. The zero-order valence-corrected chi connectivity index (χ0v) is 13.1. The molecule has 1 aromatic heterocycles. The molecule has 0 amide bonds. The van der Waals surface area contributed by atoms with E-state index in [-0.39, 0.29) is 0 Å². The van der Waals surface area contributed by atoms with Crippen LogP contribution in [0.25, 0.3) is 0 Å². The number of nitrogens with two attached hydrogens (primary N) is 1. The molecule has 0 atom stereocenters. The molecule has 0 radical (unpaired) electrons. The average molecular weight is 343 g/mol. The highest BCUT2D eigenvalue weighted by Gasteiger charge is 2.36. The molecule has 8 heteroatoms. The van der Waals surface area contributed by atoms with E-state index < -0.39 is 17.3 Å². The summed E-state index contributed by atoms with van der Waals surface area (Å²) in [6.45, 7) is 0. The Kier molecular flexibility index (Phi) is 4.37. The van der Waals surface area contributed by atoms with E-state index in [9.17, 15) is 13.2 Å². The van der Waals surface area contributed by atoms with Gasteiger partial charge < -0.3 is 10.3 Å². The standard InChI is InChI=1S/C15H16F3N3OS/c16-15(17,18)10-4-3-5-11(8-10)23-9-12-20-13(21-22-12)14(19)6-1-2-7-14/h3-5,8H,1-2,6-7,9,19H2. The maximum absolute atomic E-state index is 12.7. The van der Waals surface area contributed by atoms with E-state index in [0.717, 1.165) is 37.8 Å². The van der Waals surface area contributed by atoms with Crippen molar-refractivity contribution >= 4 is 11.8 Å². The van der Waals surface area contributed by atoms with Crippen molar-refractivity contribution in [2.75, 3.05) is 0 Å². The van der Waals surface area contributed by atoms with Crippen molar-refractivity contribution in [2.45, 2.75) is 48.0 Å². The highest BCUT2D eigenvalue weighted by atomic mass is 32.2. The number of benzene rings is 1. The summed E-state index contributed by atoms with van der Waals surface area (Å²) in [7, 11) is 0. The molecule has 2 aromatic rings. The summed E-state index contributed by atoms with van der Waals surface area (Å²) in [6.07, 6.45) is -0.610. The van der Waals surface area contributed by atoms with Crippen LogP contribution < -0.4 is 5.73 Å². The van der Waals surface area contributed by atoms with Crippen LogP contribution >= 0.6 is 11.8 Å². The summed E-state index contributed by atoms with van der Waals surface area (Å²) < 4.78 is 43.2. The van der Waals surface area contributed by atoms with E-state index in [0.29, 0.717) is 22.4 Å². The Hall–Kier alpha value is -1.54. The lowest BCUT2D eigenvalue weighted by Crippen LogP contribution is -2.34. The average Bonchev–Trinajstić information content (AvgIpc) is 3.14. The van der Waals surface area contributed by atoms with Gasteiger partial charge in [0.05, 0.1) is 16.9 Å². The third kappa shape index (κ3) is 3.69. The Morgan fingerprint density at radius 1 is 1.26 bits per heavy atom. The second-order valence-corrected chi connectivity index (χ2v) is 6.74. The number of hydrogen-bond donors (Lipinski definition) is 1. The zero-order valence-electron chi connectivity index (χ0n) is 12.3. The van der Waals surface area contributed by atoms with Gasteiger partial charge in [-0.2, -0.15) is 18.2 Å². The number of thioether (sulfide) groups is 1. The summed E-state index contributed by atoms with van der Waals surface area (Å²) >= 11 is 1.22. The quantitative estimate of drug-likeness (QED) is 0.847. The van der Waals surface area contributed by atoms with Crippen LogP contribution in [0.2, 0.25) is 0 Å². The molecule has 3 rings (SSSR count). The molecule has 1 heterocycles. The highest BCUT2D eigenvalue weighted by molar-refractivity contribution is 7.98. The Morgan fingerprint density at radius 2 is 2.00 bits per heavy atom. The van der Waals surface area contributed by atoms with Crippen LogP contribution in [0.5, 0.6) is 0 Å². The minimum absolute atomic E-state index is 0.310. The fourth-order valence-corrected chi connectivity index (χ4v) is 3.45. The Labute approximate surface area is 135 Å². The van der Waals surface area contributed by atoms with Gasteiger partial charge in [-0.05, 0) is 31.0 Å². The largest absolute Gasteiger partial charge is 0.416 e. The van der Waals surface area contributed by atoms with Crippen LogP contribution in [0.15, 0.2) is 33.7 Å². The number of hydrogen-bond acceptors (Lipinski definition) is 5. The van der Waals surface area contributed by atoms with Crippen LogP contribution in [0.3, 0.4) is 0 Å². The molecule has 0 saturated heterocycles. The normalized spacial score (nSPS) is 17.6. The lowest BCUT2D eigenvalue weighted by molar-refractivity contribution is -0.137. The van der Waals surface area contributed by atoms with E-state index in [1.165, 1.54) is 17.8 Å². The minimum Gasteiger partial charge on any atom is -0.338 e. The Morgan fingerprint density at radius 3 is 2.70 bits per heavy atom. The molecule has 0 bridgehead atoms. The number of nitrogens with zero attached hydrogens (tertiary/aromatic N) is 2. The molecule has 23 heavy (non-hydrogen) atoms. The number of halogens is 3. The maximum atomic E-state index is 12.7. The lowest BCUT2D eigenvalue weighted by atomic mass is 9.99. The van der Waals surface area contributed by atoms with E-state index in [1.54, 1.807) is 6.07 Å². The molecule has 1 saturated carbocycles. The van der Waals surface area contributed by atoms with Gasteiger partial charge in [-0.25, -0.2) is 0 Å². The minimum atomic E-state index is -4.34. The van der Waals surface area contributed by atoms with Crippen molar-refractivity contribution in [3.8, 4) is 0 Å². The predicted molar refractivity (Wildman–Crippen MR) is 79.6 cm³/mol. The molecule has 0 spiro atoms. The molecule has 124 valence electrons. The molecule has 0 aliphatic heterocycles. The summed E-state index contributed by atoms with van der Waals surface area (Å²) in [5.74, 6) is 1.18. The highest BCUT2D eigenvalue weighted by Crippen LogP contribution is 2.35. The van der Waals surface area contributed by atoms with Gasteiger partial charge in [-0.3, -0.25) is 0 Å². The second kappa shape index (κ2) is 6.16. The van der Waals surface area contributed by atoms with Gasteiger partial charge in [0, 0.05) is 4.90 Å². The van der Waals surface area contributed by atoms with E-state index in [2.05, 4.69) is 10.1 Å². The van der Waals surface area contributed by atoms with Gasteiger partial charge in [-0.1, -0.05) is 24.1 Å². The van der Waals surface area contributed by atoms with Gasteiger partial charge in [0.25, 0.3) is 0 Å². The topological polar surface area (TPSA) is 64.9 Å². The molecule has 1 aromatic carbocycles. The number of aromatic nitrogens is 2. The molecule has 0 unspecified atom stereocenters. The molecule has 2 N–H and O–H groups in total. The monoisotopic (exact) mass is 343 g/mol. The van der Waals surface area contributed by atoms with Crippen molar-refractivity contribution in [1.29, 1.82) is 0 Å². The molecule has 1 fully saturated rings. The van der Waals surface area contributed by atoms with E-state index in [4.69, 9.17) is 10.3 Å². The maximum Gasteiger partial charge on any atom is 0.416 e. The van der Waals surface area contributed by atoms with Gasteiger partial charge in [0.1, 0.15) is 0 Å². The predicted octanol–water partition coefficient (Wildman–Crippen LogP) is 4.11. The van der Waals surface area contributed by atoms with Crippen molar-refractivity contribution in [3.05, 3.63) is 41.5 Å². The zero-order chi connectivity index (χ0) is 16.5. The Balaban J connectivity index is 1.66. The summed E-state index contributed by atoms with van der Waals surface area (Å²) in [6, 6.07) is 5.17. The second-order valence-electron chi connectivity index (χ2n) is 5.69. The van der Waals surface area contributed by atoms with Crippen LogP contribution in [0.1, 0.15) is 43.0 Å². The van der Waals surface area contributed by atoms with Crippen LogP contribution in [-0.4, -0.2) is 10.1 Å². The van der Waals surface area contributed by atoms with Gasteiger partial charge in [0.15, 0.2) is 5.82 Å². The first kappa shape index (κ1) is 16.3. The van der Waals surface area contributed by atoms with Gasteiger partial charge in [-0.15, -0.1) is 11.8 Å². The third-order valence-electron chi connectivity index (χ3n) is 3.93. The third-order valence-corrected chi connectivity index (χ3v) is 4.91. The number of alkyl halides is 3. The fourth-order valence-electron chi connectivity index (χ4n) is 2.65. The summed E-state index contributed by atoms with van der Waals surface area (Å²) in [5, 5.41) is 3.93. The van der Waals surface area contributed by atoms with Gasteiger partial charge >= 0.3 is 6.18 Å². The van der Waals surface area contributed by atoms with E-state index in [1.807, 2.05) is 0 Å². The van der Waals surface area contributed by atoms with Crippen molar-refractivity contribution in [2.24, 2.45) is 5.73 Å². The smallest absolute Gasteiger partial charge is 0.338 e. The first-order valence-corrected chi connectivity index (χ1v) is 8.27. The van der Waals surface area contributed by atoms with Crippen molar-refractivity contribution in [3.63, 3.8) is 0 Å². The fraction of sp³-hybridized carbons (Fsp3) is 0.467. The molecular weight excluding hydrogens is 327 g/mol. The van der Waals surface area contributed by atoms with Crippen LogP contribution in [-0.2, 0) is 17.5 Å². The molecule has 1 aliphatic rings. The first-order valence-electron chi connectivity index (χ1n) is 7.29. The van der Waals surface area contributed by atoms with Crippen molar-refractivity contribution in [1.82, 2.24) is 10.1 Å². The van der Waals surface area contributed by atoms with Crippen molar-refractivity contribution < 1.29 is 17.7 Å². The molecular formula is C15H16F3N3OS. The van der Waals surface area contributed by atoms with Crippen LogP contribution in [0.4, 0.5) is 13.2 Å².